The molecule has 1 N–H and O–H groups in total. The fraction of sp³-hybridized carbons (Fsp3) is 0.588. The molecular formula is C17H22O9S. The molecule has 4 atom stereocenters. The van der Waals surface area contributed by atoms with Crippen LogP contribution >= 0.6 is 0 Å². The molecule has 0 radical (unpaired) electrons. The monoisotopic (exact) mass is 402 g/mol. The highest BCUT2D eigenvalue weighted by atomic mass is 32.2. The van der Waals surface area contributed by atoms with Crippen LogP contribution in [0.3, 0.4) is 0 Å². The van der Waals surface area contributed by atoms with Gasteiger partial charge in [0.2, 0.25) is 0 Å². The van der Waals surface area contributed by atoms with Crippen LogP contribution in [-0.2, 0) is 38.0 Å². The molecule has 150 valence electrons. The Hall–Kier alpha value is -1.56. The highest BCUT2D eigenvalue weighted by Crippen LogP contribution is 2.39. The molecule has 2 fully saturated rings. The number of benzene rings is 1. The minimum Gasteiger partial charge on any atom is -0.480 e. The van der Waals surface area contributed by atoms with Gasteiger partial charge < -0.3 is 24.1 Å². The lowest BCUT2D eigenvalue weighted by atomic mass is 10.1. The largest absolute Gasteiger partial charge is 0.480 e. The Balaban J connectivity index is 1.78. The summed E-state index contributed by atoms with van der Waals surface area (Å²) in [5.74, 6) is -2.11. The van der Waals surface area contributed by atoms with Crippen molar-refractivity contribution in [3.8, 4) is 0 Å². The molecule has 3 rings (SSSR count). The molecule has 27 heavy (non-hydrogen) atoms. The van der Waals surface area contributed by atoms with E-state index < -0.39 is 53.1 Å². The molecular weight excluding hydrogens is 380 g/mol. The Kier molecular flexibility index (Phi) is 5.57. The van der Waals surface area contributed by atoms with Crippen molar-refractivity contribution in [1.29, 1.82) is 0 Å². The standard InChI is InChI=1S/C17H22O9S/c1-10-4-6-11(7-5-10)27(20,21)26-14-12(8-22-9-13(18)19)23-16-15(14)24-17(2,3)25-16/h4-7,12,14-16H,8-9H2,1-3H3,(H,18,19). The zero-order valence-corrected chi connectivity index (χ0v) is 16.0. The Morgan fingerprint density at radius 2 is 1.89 bits per heavy atom. The van der Waals surface area contributed by atoms with Gasteiger partial charge in [-0.25, -0.2) is 4.79 Å². The van der Waals surface area contributed by atoms with Gasteiger partial charge in [0.05, 0.1) is 11.5 Å². The molecule has 0 bridgehead atoms. The van der Waals surface area contributed by atoms with Crippen LogP contribution in [0.25, 0.3) is 0 Å². The number of hydrogen-bond donors (Lipinski definition) is 1. The third-order valence-electron chi connectivity index (χ3n) is 4.14. The van der Waals surface area contributed by atoms with E-state index in [9.17, 15) is 13.2 Å². The average Bonchev–Trinajstić information content (AvgIpc) is 3.00. The summed E-state index contributed by atoms with van der Waals surface area (Å²) in [7, 11) is -4.10. The van der Waals surface area contributed by atoms with Crippen LogP contribution in [0, 0.1) is 6.92 Å². The Labute approximate surface area is 157 Å². The van der Waals surface area contributed by atoms with Crippen molar-refractivity contribution >= 4 is 16.1 Å². The van der Waals surface area contributed by atoms with Gasteiger partial charge in [-0.3, -0.25) is 4.18 Å². The number of carbonyl (C=O) groups is 1. The Bertz CT molecular complexity index is 787. The van der Waals surface area contributed by atoms with Gasteiger partial charge in [-0.05, 0) is 32.9 Å². The van der Waals surface area contributed by atoms with Crippen LogP contribution in [0.15, 0.2) is 29.2 Å². The molecule has 9 nitrogen and oxygen atoms in total. The summed E-state index contributed by atoms with van der Waals surface area (Å²) in [6, 6.07) is 6.22. The fourth-order valence-corrected chi connectivity index (χ4v) is 4.07. The van der Waals surface area contributed by atoms with Crippen LogP contribution < -0.4 is 0 Å². The Morgan fingerprint density at radius 3 is 2.52 bits per heavy atom. The molecule has 0 aromatic heterocycles. The summed E-state index contributed by atoms with van der Waals surface area (Å²) in [6.45, 7) is 4.47. The molecule has 4 unspecified atom stereocenters. The van der Waals surface area contributed by atoms with Crippen LogP contribution in [0.1, 0.15) is 19.4 Å². The van der Waals surface area contributed by atoms with Crippen LogP contribution in [0.2, 0.25) is 0 Å². The predicted molar refractivity (Wildman–Crippen MR) is 90.4 cm³/mol. The number of carboxylic acid groups (broad SMARTS) is 1. The van der Waals surface area contributed by atoms with E-state index >= 15 is 0 Å². The first kappa shape index (κ1) is 20.2. The van der Waals surface area contributed by atoms with Gasteiger partial charge in [-0.1, -0.05) is 17.7 Å². The zero-order valence-electron chi connectivity index (χ0n) is 15.2. The first-order chi connectivity index (χ1) is 12.6. The van der Waals surface area contributed by atoms with Crippen molar-refractivity contribution in [3.63, 3.8) is 0 Å². The van der Waals surface area contributed by atoms with Crippen molar-refractivity contribution in [1.82, 2.24) is 0 Å². The molecule has 0 aliphatic carbocycles. The van der Waals surface area contributed by atoms with Crippen molar-refractivity contribution in [2.45, 2.75) is 56.1 Å². The molecule has 2 aliphatic heterocycles. The molecule has 2 saturated heterocycles. The smallest absolute Gasteiger partial charge is 0.329 e. The molecule has 0 amide bonds. The molecule has 2 aliphatic rings. The second-order valence-corrected chi connectivity index (χ2v) is 8.45. The van der Waals surface area contributed by atoms with Gasteiger partial charge >= 0.3 is 5.97 Å². The topological polar surface area (TPSA) is 118 Å². The van der Waals surface area contributed by atoms with Gasteiger partial charge in [0, 0.05) is 0 Å². The van der Waals surface area contributed by atoms with Crippen molar-refractivity contribution in [2.75, 3.05) is 13.2 Å². The summed E-state index contributed by atoms with van der Waals surface area (Å²) in [5, 5.41) is 8.70. The second kappa shape index (κ2) is 7.46. The number of fused-ring (bicyclic) bond motifs is 1. The molecule has 0 spiro atoms. The lowest BCUT2D eigenvalue weighted by molar-refractivity contribution is -0.218. The molecule has 10 heteroatoms. The maximum Gasteiger partial charge on any atom is 0.329 e. The number of aryl methyl sites for hydroxylation is 1. The van der Waals surface area contributed by atoms with E-state index in [1.54, 1.807) is 26.0 Å². The van der Waals surface area contributed by atoms with Crippen molar-refractivity contribution in [2.24, 2.45) is 0 Å². The van der Waals surface area contributed by atoms with Crippen LogP contribution in [0.5, 0.6) is 0 Å². The second-order valence-electron chi connectivity index (χ2n) is 6.88. The number of carboxylic acids is 1. The summed E-state index contributed by atoms with van der Waals surface area (Å²) in [6.07, 6.45) is -3.54. The first-order valence-electron chi connectivity index (χ1n) is 8.38. The molecule has 0 saturated carbocycles. The number of ether oxygens (including phenoxy) is 4. The molecule has 2 heterocycles. The molecule has 1 aromatic carbocycles. The summed E-state index contributed by atoms with van der Waals surface area (Å²) in [5.41, 5.74) is 0.910. The van der Waals surface area contributed by atoms with Gasteiger partial charge in [0.25, 0.3) is 10.1 Å². The van der Waals surface area contributed by atoms with Crippen molar-refractivity contribution in [3.05, 3.63) is 29.8 Å². The highest BCUT2D eigenvalue weighted by molar-refractivity contribution is 7.86. The van der Waals surface area contributed by atoms with E-state index in [4.69, 9.17) is 28.2 Å². The zero-order chi connectivity index (χ0) is 19.8. The van der Waals surface area contributed by atoms with Gasteiger partial charge in [0.15, 0.2) is 12.1 Å². The number of aliphatic carboxylic acids is 1. The average molecular weight is 402 g/mol. The highest BCUT2D eigenvalue weighted by Gasteiger charge is 2.56. The van der Waals surface area contributed by atoms with E-state index in [0.717, 1.165) is 5.56 Å². The van der Waals surface area contributed by atoms with E-state index in [-0.39, 0.29) is 11.5 Å². The van der Waals surface area contributed by atoms with E-state index in [2.05, 4.69) is 0 Å². The lowest BCUT2D eigenvalue weighted by Gasteiger charge is -2.25. The van der Waals surface area contributed by atoms with E-state index in [1.807, 2.05) is 6.92 Å². The maximum absolute atomic E-state index is 12.7. The lowest BCUT2D eigenvalue weighted by Crippen LogP contribution is -2.40. The van der Waals surface area contributed by atoms with E-state index in [1.165, 1.54) is 12.1 Å². The summed E-state index contributed by atoms with van der Waals surface area (Å²) in [4.78, 5) is 10.6. The quantitative estimate of drug-likeness (QED) is 0.668. The van der Waals surface area contributed by atoms with Gasteiger partial charge in [-0.2, -0.15) is 8.42 Å². The minimum absolute atomic E-state index is 0.0000650. The molecule has 1 aromatic rings. The SMILES string of the molecule is Cc1ccc(S(=O)(=O)OC2C(COCC(=O)O)OC3OC(C)(C)OC32)cc1. The Morgan fingerprint density at radius 1 is 1.22 bits per heavy atom. The normalized spacial score (nSPS) is 29.6. The fourth-order valence-electron chi connectivity index (χ4n) is 2.97. The van der Waals surface area contributed by atoms with E-state index in [0.29, 0.717) is 0 Å². The number of rotatable bonds is 7. The minimum atomic E-state index is -4.10. The predicted octanol–water partition coefficient (Wildman–Crippen LogP) is 1.05. The van der Waals surface area contributed by atoms with Crippen LogP contribution in [-0.4, -0.2) is 63.1 Å². The third-order valence-corrected chi connectivity index (χ3v) is 5.47. The van der Waals surface area contributed by atoms with Crippen LogP contribution in [0.4, 0.5) is 0 Å². The third kappa shape index (κ3) is 4.65. The summed E-state index contributed by atoms with van der Waals surface area (Å²) < 4.78 is 52.8. The maximum atomic E-state index is 12.7. The van der Waals surface area contributed by atoms with Gasteiger partial charge in [0.1, 0.15) is 24.9 Å². The van der Waals surface area contributed by atoms with Gasteiger partial charge in [-0.15, -0.1) is 0 Å². The summed E-state index contributed by atoms with van der Waals surface area (Å²) >= 11 is 0. The number of hydrogen-bond acceptors (Lipinski definition) is 8. The first-order valence-corrected chi connectivity index (χ1v) is 9.79. The van der Waals surface area contributed by atoms with Crippen molar-refractivity contribution < 1.29 is 41.4 Å².